The van der Waals surface area contributed by atoms with Gasteiger partial charge in [-0.05, 0) is 12.1 Å². The topological polar surface area (TPSA) is 80.4 Å². The molecule has 0 aliphatic heterocycles. The molecule has 1 atom stereocenters. The molecule has 80 valence electrons. The van der Waals surface area contributed by atoms with E-state index in [2.05, 4.69) is 15.9 Å². The Hall–Kier alpha value is -1.50. The van der Waals surface area contributed by atoms with Gasteiger partial charge in [0.15, 0.2) is 0 Å². The van der Waals surface area contributed by atoms with Gasteiger partial charge in [-0.3, -0.25) is 10.1 Å². The zero-order valence-corrected chi connectivity index (χ0v) is 8.77. The van der Waals surface area contributed by atoms with Gasteiger partial charge in [-0.15, -0.1) is 0 Å². The Kier molecular flexibility index (Phi) is 3.35. The summed E-state index contributed by atoms with van der Waals surface area (Å²) in [5.74, 6) is -1.75. The molecule has 0 aromatic heterocycles. The summed E-state index contributed by atoms with van der Waals surface area (Å²) in [7, 11) is 0. The maximum Gasteiger partial charge on any atom is 0.343 e. The molecule has 5 nitrogen and oxygen atoms in total. The highest BCUT2D eigenvalue weighted by Crippen LogP contribution is 2.30. The third kappa shape index (κ3) is 2.50. The lowest BCUT2D eigenvalue weighted by atomic mass is 10.1. The largest absolute Gasteiger partial charge is 0.479 e. The molecule has 0 aliphatic carbocycles. The SMILES string of the molecule is O=C(O)[C@@H](F)c1ccc(Br)cc1[N+](=O)[O-]. The lowest BCUT2D eigenvalue weighted by Crippen LogP contribution is -2.08. The van der Waals surface area contributed by atoms with Crippen molar-refractivity contribution in [3.8, 4) is 0 Å². The van der Waals surface area contributed by atoms with E-state index in [1.807, 2.05) is 0 Å². The molecular formula is C8H5BrFNO4. The molecule has 1 aromatic rings. The number of alkyl halides is 1. The van der Waals surface area contributed by atoms with E-state index in [9.17, 15) is 19.3 Å². The zero-order valence-electron chi connectivity index (χ0n) is 7.18. The monoisotopic (exact) mass is 277 g/mol. The molecule has 0 aliphatic rings. The quantitative estimate of drug-likeness (QED) is 0.680. The molecule has 1 aromatic carbocycles. The first-order chi connectivity index (χ1) is 6.93. The molecule has 0 saturated heterocycles. The number of hydrogen-bond acceptors (Lipinski definition) is 3. The molecule has 0 radical (unpaired) electrons. The minimum atomic E-state index is -2.39. The maximum atomic E-state index is 13.1. The molecule has 15 heavy (non-hydrogen) atoms. The Morgan fingerprint density at radius 2 is 2.20 bits per heavy atom. The van der Waals surface area contributed by atoms with E-state index in [-0.39, 0.29) is 0 Å². The minimum absolute atomic E-state index is 0.385. The fourth-order valence-corrected chi connectivity index (χ4v) is 1.37. The van der Waals surface area contributed by atoms with Crippen molar-refractivity contribution >= 4 is 27.6 Å². The first-order valence-corrected chi connectivity index (χ1v) is 4.53. The molecule has 1 N–H and O–H groups in total. The number of hydrogen-bond donors (Lipinski definition) is 1. The Balaban J connectivity index is 3.28. The summed E-state index contributed by atoms with van der Waals surface area (Å²) in [5.41, 5.74) is -1.02. The van der Waals surface area contributed by atoms with Crippen LogP contribution >= 0.6 is 15.9 Å². The van der Waals surface area contributed by atoms with Crippen LogP contribution in [0.2, 0.25) is 0 Å². The summed E-state index contributed by atoms with van der Waals surface area (Å²) < 4.78 is 13.5. The Labute approximate surface area is 91.8 Å². The van der Waals surface area contributed by atoms with Crippen molar-refractivity contribution in [2.75, 3.05) is 0 Å². The van der Waals surface area contributed by atoms with Gasteiger partial charge >= 0.3 is 5.97 Å². The predicted octanol–water partition coefficient (Wildman–Crippen LogP) is 2.45. The van der Waals surface area contributed by atoms with Crippen molar-refractivity contribution in [1.82, 2.24) is 0 Å². The van der Waals surface area contributed by atoms with Gasteiger partial charge in [0.05, 0.1) is 10.5 Å². The fourth-order valence-electron chi connectivity index (χ4n) is 1.02. The van der Waals surface area contributed by atoms with Crippen LogP contribution in [0.15, 0.2) is 22.7 Å². The summed E-state index contributed by atoms with van der Waals surface area (Å²) in [4.78, 5) is 20.1. The average molecular weight is 278 g/mol. The van der Waals surface area contributed by atoms with Gasteiger partial charge in [0.1, 0.15) is 0 Å². The number of nitro groups is 1. The van der Waals surface area contributed by atoms with E-state index >= 15 is 0 Å². The van der Waals surface area contributed by atoms with Gasteiger partial charge in [0.2, 0.25) is 6.17 Å². The summed E-state index contributed by atoms with van der Waals surface area (Å²) >= 11 is 2.98. The van der Waals surface area contributed by atoms with Crippen molar-refractivity contribution in [3.63, 3.8) is 0 Å². The van der Waals surface area contributed by atoms with E-state index in [1.165, 1.54) is 6.07 Å². The first kappa shape index (κ1) is 11.6. The van der Waals surface area contributed by atoms with Crippen LogP contribution in [0, 0.1) is 10.1 Å². The van der Waals surface area contributed by atoms with Crippen LogP contribution in [-0.4, -0.2) is 16.0 Å². The van der Waals surface area contributed by atoms with E-state index in [0.29, 0.717) is 4.47 Å². The number of nitro benzene ring substituents is 1. The van der Waals surface area contributed by atoms with Crippen molar-refractivity contribution in [1.29, 1.82) is 0 Å². The van der Waals surface area contributed by atoms with Crippen LogP contribution in [0.1, 0.15) is 11.7 Å². The summed E-state index contributed by atoms with van der Waals surface area (Å²) in [6, 6.07) is 3.48. The van der Waals surface area contributed by atoms with Crippen LogP contribution in [0.3, 0.4) is 0 Å². The van der Waals surface area contributed by atoms with Gasteiger partial charge in [-0.1, -0.05) is 15.9 Å². The molecule has 7 heteroatoms. The van der Waals surface area contributed by atoms with E-state index in [1.54, 1.807) is 0 Å². The second kappa shape index (κ2) is 4.35. The van der Waals surface area contributed by atoms with E-state index < -0.39 is 28.3 Å². The molecule has 0 unspecified atom stereocenters. The number of rotatable bonds is 3. The lowest BCUT2D eigenvalue weighted by Gasteiger charge is -2.04. The fraction of sp³-hybridized carbons (Fsp3) is 0.125. The molecule has 0 bridgehead atoms. The predicted molar refractivity (Wildman–Crippen MR) is 52.3 cm³/mol. The van der Waals surface area contributed by atoms with Crippen LogP contribution in [-0.2, 0) is 4.79 Å². The smallest absolute Gasteiger partial charge is 0.343 e. The number of carboxylic acid groups (broad SMARTS) is 1. The molecule has 0 saturated carbocycles. The molecule has 1 rings (SSSR count). The standard InChI is InChI=1S/C8H5BrFNO4/c9-4-1-2-5(7(10)8(12)13)6(3-4)11(14)15/h1-3,7H,(H,12,13)/t7-/m0/s1. The number of benzene rings is 1. The highest BCUT2D eigenvalue weighted by molar-refractivity contribution is 9.10. The molecule has 0 fully saturated rings. The summed E-state index contributed by atoms with van der Waals surface area (Å²) in [6.07, 6.45) is -2.39. The van der Waals surface area contributed by atoms with Gasteiger partial charge in [-0.25, -0.2) is 9.18 Å². The van der Waals surface area contributed by atoms with Crippen LogP contribution in [0.4, 0.5) is 10.1 Å². The highest BCUT2D eigenvalue weighted by Gasteiger charge is 2.27. The summed E-state index contributed by atoms with van der Waals surface area (Å²) in [5, 5.41) is 18.9. The van der Waals surface area contributed by atoms with E-state index in [0.717, 1.165) is 12.1 Å². The van der Waals surface area contributed by atoms with Crippen molar-refractivity contribution in [2.24, 2.45) is 0 Å². The number of carbonyl (C=O) groups is 1. The van der Waals surface area contributed by atoms with Crippen molar-refractivity contribution in [2.45, 2.75) is 6.17 Å². The van der Waals surface area contributed by atoms with Gasteiger partial charge < -0.3 is 5.11 Å². The van der Waals surface area contributed by atoms with Gasteiger partial charge in [-0.2, -0.15) is 0 Å². The number of aliphatic carboxylic acids is 1. The first-order valence-electron chi connectivity index (χ1n) is 3.74. The van der Waals surface area contributed by atoms with E-state index in [4.69, 9.17) is 5.11 Å². The number of carboxylic acids is 1. The number of nitrogens with zero attached hydrogens (tertiary/aromatic N) is 1. The van der Waals surface area contributed by atoms with Crippen LogP contribution in [0.5, 0.6) is 0 Å². The third-order valence-electron chi connectivity index (χ3n) is 1.68. The van der Waals surface area contributed by atoms with Gasteiger partial charge in [0, 0.05) is 10.5 Å². The van der Waals surface area contributed by atoms with Crippen molar-refractivity contribution < 1.29 is 19.2 Å². The van der Waals surface area contributed by atoms with Crippen LogP contribution in [0.25, 0.3) is 0 Å². The second-order valence-electron chi connectivity index (χ2n) is 2.66. The number of halogens is 2. The van der Waals surface area contributed by atoms with Gasteiger partial charge in [0.25, 0.3) is 5.69 Å². The molecule has 0 heterocycles. The molecule has 0 spiro atoms. The van der Waals surface area contributed by atoms with Crippen molar-refractivity contribution in [3.05, 3.63) is 38.3 Å². The Morgan fingerprint density at radius 3 is 2.67 bits per heavy atom. The Bertz CT molecular complexity index is 423. The maximum absolute atomic E-state index is 13.1. The minimum Gasteiger partial charge on any atom is -0.479 e. The Morgan fingerprint density at radius 1 is 1.60 bits per heavy atom. The third-order valence-corrected chi connectivity index (χ3v) is 2.17. The molecule has 0 amide bonds. The highest BCUT2D eigenvalue weighted by atomic mass is 79.9. The summed E-state index contributed by atoms with van der Waals surface area (Å²) in [6.45, 7) is 0. The molecular weight excluding hydrogens is 273 g/mol. The van der Waals surface area contributed by atoms with Crippen LogP contribution < -0.4 is 0 Å². The average Bonchev–Trinajstić information content (AvgIpc) is 2.16. The second-order valence-corrected chi connectivity index (χ2v) is 3.58. The lowest BCUT2D eigenvalue weighted by molar-refractivity contribution is -0.386. The zero-order chi connectivity index (χ0) is 11.6. The normalized spacial score (nSPS) is 12.1.